The first kappa shape index (κ1) is 9.05. The summed E-state index contributed by atoms with van der Waals surface area (Å²) in [5.41, 5.74) is 0.451. The summed E-state index contributed by atoms with van der Waals surface area (Å²) in [6, 6.07) is 0.637. The van der Waals surface area contributed by atoms with E-state index in [2.05, 4.69) is 26.1 Å². The first-order valence-electron chi connectivity index (χ1n) is 4.90. The summed E-state index contributed by atoms with van der Waals surface area (Å²) in [7, 11) is 0. The molecule has 0 unspecified atom stereocenters. The highest BCUT2D eigenvalue weighted by molar-refractivity contribution is 4.87. The maximum atomic E-state index is 3.66. The normalized spacial score (nSPS) is 24.0. The minimum Gasteiger partial charge on any atom is -0.309 e. The fourth-order valence-electron chi connectivity index (χ4n) is 2.17. The second kappa shape index (κ2) is 3.57. The molecule has 68 valence electrons. The van der Waals surface area contributed by atoms with E-state index in [4.69, 9.17) is 0 Å². The van der Waals surface area contributed by atoms with E-state index in [1.807, 2.05) is 0 Å². The van der Waals surface area contributed by atoms with Crippen molar-refractivity contribution in [3.8, 4) is 0 Å². The zero-order chi connectivity index (χ0) is 8.32. The van der Waals surface area contributed by atoms with Gasteiger partial charge in [-0.2, -0.15) is 0 Å². The molecule has 0 radical (unpaired) electrons. The van der Waals surface area contributed by atoms with Crippen molar-refractivity contribution in [3.05, 3.63) is 0 Å². The molecule has 0 aromatic heterocycles. The second-order valence-corrected chi connectivity index (χ2v) is 4.42. The van der Waals surface area contributed by atoms with Crippen LogP contribution in [-0.2, 0) is 0 Å². The first-order chi connectivity index (χ1) is 5.12. The van der Waals surface area contributed by atoms with Crippen LogP contribution in [0.25, 0.3) is 0 Å². The molecular weight excluding hydrogens is 134 g/mol. The quantitative estimate of drug-likeness (QED) is 0.650. The minimum atomic E-state index is 0. The lowest BCUT2D eigenvalue weighted by molar-refractivity contribution is 0.238. The summed E-state index contributed by atoms with van der Waals surface area (Å²) in [6.45, 7) is 6.84. The summed E-state index contributed by atoms with van der Waals surface area (Å²) in [5.74, 6) is 0. The van der Waals surface area contributed by atoms with Gasteiger partial charge in [0, 0.05) is 13.0 Å². The third-order valence-electron chi connectivity index (χ3n) is 2.59. The number of hydrogen-bond acceptors (Lipinski definition) is 1. The van der Waals surface area contributed by atoms with Gasteiger partial charge in [0.15, 0.2) is 0 Å². The van der Waals surface area contributed by atoms with Crippen molar-refractivity contribution in [3.63, 3.8) is 0 Å². The molecule has 1 nitrogen and oxygen atoms in total. The SMILES string of the molecule is CC(C)NC1(C)CCCCC1.[HH]. The molecule has 0 aromatic carbocycles. The molecule has 0 heterocycles. The van der Waals surface area contributed by atoms with Crippen molar-refractivity contribution in [1.29, 1.82) is 0 Å². The van der Waals surface area contributed by atoms with Gasteiger partial charge in [-0.25, -0.2) is 0 Å². The minimum absolute atomic E-state index is 0. The van der Waals surface area contributed by atoms with Gasteiger partial charge in [0.05, 0.1) is 0 Å². The first-order valence-corrected chi connectivity index (χ1v) is 4.90. The van der Waals surface area contributed by atoms with E-state index >= 15 is 0 Å². The Morgan fingerprint density at radius 1 is 1.18 bits per heavy atom. The molecule has 1 rings (SSSR count). The largest absolute Gasteiger partial charge is 0.309 e. The van der Waals surface area contributed by atoms with Gasteiger partial charge < -0.3 is 5.32 Å². The molecule has 0 amide bonds. The van der Waals surface area contributed by atoms with Gasteiger partial charge in [-0.3, -0.25) is 0 Å². The number of nitrogens with one attached hydrogen (secondary N) is 1. The van der Waals surface area contributed by atoms with Gasteiger partial charge in [0.2, 0.25) is 0 Å². The summed E-state index contributed by atoms with van der Waals surface area (Å²) in [5, 5.41) is 3.66. The molecule has 0 spiro atoms. The maximum absolute atomic E-state index is 3.66. The molecule has 1 saturated carbocycles. The smallest absolute Gasteiger partial charge is 0.0155 e. The van der Waals surface area contributed by atoms with Crippen LogP contribution in [0.15, 0.2) is 0 Å². The molecule has 0 saturated heterocycles. The Bertz CT molecular complexity index is 117. The van der Waals surface area contributed by atoms with Gasteiger partial charge in [-0.15, -0.1) is 0 Å². The Balaban J connectivity index is 0.00000121. The highest BCUT2D eigenvalue weighted by Crippen LogP contribution is 2.27. The van der Waals surface area contributed by atoms with Crippen molar-refractivity contribution >= 4 is 0 Å². The molecule has 1 fully saturated rings. The van der Waals surface area contributed by atoms with Gasteiger partial charge >= 0.3 is 0 Å². The van der Waals surface area contributed by atoms with Crippen LogP contribution in [0.4, 0.5) is 0 Å². The van der Waals surface area contributed by atoms with Crippen molar-refractivity contribution in [2.75, 3.05) is 0 Å². The lowest BCUT2D eigenvalue weighted by Crippen LogP contribution is -2.47. The van der Waals surface area contributed by atoms with E-state index in [9.17, 15) is 0 Å². The third kappa shape index (κ3) is 2.82. The Morgan fingerprint density at radius 3 is 2.18 bits per heavy atom. The molecule has 1 heteroatoms. The van der Waals surface area contributed by atoms with Gasteiger partial charge in [0.25, 0.3) is 0 Å². The standard InChI is InChI=1S/C10H21N.H2/c1-9(2)11-10(3)7-5-4-6-8-10;/h9,11H,4-8H2,1-3H3;1H. The van der Waals surface area contributed by atoms with E-state index in [1.54, 1.807) is 0 Å². The van der Waals surface area contributed by atoms with E-state index in [0.29, 0.717) is 11.6 Å². The molecule has 1 aliphatic carbocycles. The lowest BCUT2D eigenvalue weighted by Gasteiger charge is -2.36. The molecular formula is C10H23N. The van der Waals surface area contributed by atoms with E-state index < -0.39 is 0 Å². The number of rotatable bonds is 2. The second-order valence-electron chi connectivity index (χ2n) is 4.42. The third-order valence-corrected chi connectivity index (χ3v) is 2.59. The molecule has 0 aromatic rings. The average Bonchev–Trinajstić information content (AvgIpc) is 1.85. The summed E-state index contributed by atoms with van der Waals surface area (Å²) >= 11 is 0. The van der Waals surface area contributed by atoms with Crippen LogP contribution in [0.2, 0.25) is 0 Å². The highest BCUT2D eigenvalue weighted by Gasteiger charge is 2.26. The van der Waals surface area contributed by atoms with Gasteiger partial charge in [0.1, 0.15) is 0 Å². The van der Waals surface area contributed by atoms with Gasteiger partial charge in [-0.05, 0) is 19.8 Å². The number of hydrogen-bond donors (Lipinski definition) is 1. The summed E-state index contributed by atoms with van der Waals surface area (Å²) in [6.07, 6.45) is 7.00. The van der Waals surface area contributed by atoms with E-state index in [1.165, 1.54) is 32.1 Å². The van der Waals surface area contributed by atoms with Crippen LogP contribution in [-0.4, -0.2) is 11.6 Å². The molecule has 0 aliphatic heterocycles. The molecule has 11 heavy (non-hydrogen) atoms. The Hall–Kier alpha value is -0.0400. The monoisotopic (exact) mass is 157 g/mol. The Labute approximate surface area is 72.1 Å². The fourth-order valence-corrected chi connectivity index (χ4v) is 2.17. The van der Waals surface area contributed by atoms with Crippen LogP contribution >= 0.6 is 0 Å². The van der Waals surface area contributed by atoms with Gasteiger partial charge in [-0.1, -0.05) is 33.1 Å². The Morgan fingerprint density at radius 2 is 1.73 bits per heavy atom. The zero-order valence-corrected chi connectivity index (χ0v) is 8.11. The lowest BCUT2D eigenvalue weighted by atomic mass is 9.83. The van der Waals surface area contributed by atoms with E-state index in [0.717, 1.165) is 0 Å². The maximum Gasteiger partial charge on any atom is 0.0155 e. The molecule has 1 N–H and O–H groups in total. The van der Waals surface area contributed by atoms with Crippen molar-refractivity contribution in [1.82, 2.24) is 5.32 Å². The molecule has 1 aliphatic rings. The van der Waals surface area contributed by atoms with Crippen LogP contribution in [0.5, 0.6) is 0 Å². The van der Waals surface area contributed by atoms with Crippen LogP contribution < -0.4 is 5.32 Å². The predicted molar refractivity (Wildman–Crippen MR) is 51.9 cm³/mol. The van der Waals surface area contributed by atoms with Crippen molar-refractivity contribution in [2.24, 2.45) is 0 Å². The van der Waals surface area contributed by atoms with Crippen LogP contribution in [0, 0.1) is 0 Å². The van der Waals surface area contributed by atoms with Crippen LogP contribution in [0.3, 0.4) is 0 Å². The summed E-state index contributed by atoms with van der Waals surface area (Å²) in [4.78, 5) is 0. The average molecular weight is 157 g/mol. The van der Waals surface area contributed by atoms with Crippen LogP contribution in [0.1, 0.15) is 54.3 Å². The molecule has 0 bridgehead atoms. The molecule has 0 atom stereocenters. The van der Waals surface area contributed by atoms with E-state index in [-0.39, 0.29) is 1.43 Å². The Kier molecular flexibility index (Phi) is 2.94. The van der Waals surface area contributed by atoms with Crippen molar-refractivity contribution < 1.29 is 1.43 Å². The fraction of sp³-hybridized carbons (Fsp3) is 1.00. The summed E-state index contributed by atoms with van der Waals surface area (Å²) < 4.78 is 0. The predicted octanol–water partition coefficient (Wildman–Crippen LogP) is 2.95. The zero-order valence-electron chi connectivity index (χ0n) is 8.11. The van der Waals surface area contributed by atoms with Crippen molar-refractivity contribution in [2.45, 2.75) is 64.5 Å². The topological polar surface area (TPSA) is 12.0 Å². The highest BCUT2D eigenvalue weighted by atomic mass is 15.0.